The van der Waals surface area contributed by atoms with E-state index in [0.717, 1.165) is 17.0 Å². The molecule has 5 heteroatoms. The first-order valence-electron chi connectivity index (χ1n) is 6.36. The minimum atomic E-state index is -0.608. The molecule has 0 unspecified atom stereocenters. The molecular weight excluding hydrogens is 279 g/mol. The lowest BCUT2D eigenvalue weighted by Crippen LogP contribution is -2.27. The molecule has 0 aliphatic carbocycles. The van der Waals surface area contributed by atoms with Crippen LogP contribution in [0.1, 0.15) is 27.3 Å². The van der Waals surface area contributed by atoms with Crippen LogP contribution in [0.25, 0.3) is 0 Å². The largest absolute Gasteiger partial charge is 0.362 e. The van der Waals surface area contributed by atoms with Gasteiger partial charge in [0.15, 0.2) is 0 Å². The third kappa shape index (κ3) is 3.20. The maximum absolute atomic E-state index is 13.6. The first-order valence-corrected chi connectivity index (χ1v) is 6.74. The van der Waals surface area contributed by atoms with Crippen LogP contribution in [-0.2, 0) is 6.42 Å². The van der Waals surface area contributed by atoms with Crippen LogP contribution in [0.15, 0.2) is 24.3 Å². The quantitative estimate of drug-likeness (QED) is 0.892. The highest BCUT2D eigenvalue weighted by Crippen LogP contribution is 2.18. The van der Waals surface area contributed by atoms with Gasteiger partial charge in [0.1, 0.15) is 5.82 Å². The van der Waals surface area contributed by atoms with Crippen LogP contribution in [0.3, 0.4) is 0 Å². The number of rotatable bonds is 4. The Morgan fingerprint density at radius 2 is 2.15 bits per heavy atom. The number of H-pyrrole nitrogens is 1. The molecule has 0 aliphatic rings. The van der Waals surface area contributed by atoms with Crippen molar-refractivity contribution in [1.82, 2.24) is 10.3 Å². The molecule has 2 N–H and O–H groups in total. The number of aryl methyl sites for hydroxylation is 2. The number of carbonyl (C=O) groups excluding carboxylic acids is 1. The van der Waals surface area contributed by atoms with Gasteiger partial charge in [0.05, 0.1) is 10.6 Å². The van der Waals surface area contributed by atoms with Crippen LogP contribution < -0.4 is 5.32 Å². The van der Waals surface area contributed by atoms with Crippen molar-refractivity contribution < 1.29 is 9.18 Å². The van der Waals surface area contributed by atoms with Crippen molar-refractivity contribution in [2.75, 3.05) is 6.54 Å². The molecule has 0 saturated carbocycles. The fourth-order valence-corrected chi connectivity index (χ4v) is 2.40. The van der Waals surface area contributed by atoms with E-state index in [1.54, 1.807) is 0 Å². The van der Waals surface area contributed by atoms with E-state index in [1.165, 1.54) is 18.2 Å². The van der Waals surface area contributed by atoms with E-state index >= 15 is 0 Å². The van der Waals surface area contributed by atoms with Gasteiger partial charge < -0.3 is 10.3 Å². The van der Waals surface area contributed by atoms with Crippen molar-refractivity contribution in [1.29, 1.82) is 0 Å². The SMILES string of the molecule is Cc1cc(CCNC(=O)c2c(F)cccc2Cl)c(C)[nH]1. The number of aromatic amines is 1. The van der Waals surface area contributed by atoms with Gasteiger partial charge in [-0.2, -0.15) is 0 Å². The topological polar surface area (TPSA) is 44.9 Å². The zero-order valence-electron chi connectivity index (χ0n) is 11.4. The molecule has 1 aromatic heterocycles. The predicted molar refractivity (Wildman–Crippen MR) is 77.7 cm³/mol. The smallest absolute Gasteiger partial charge is 0.255 e. The first kappa shape index (κ1) is 14.6. The third-order valence-electron chi connectivity index (χ3n) is 3.13. The Hall–Kier alpha value is -1.81. The Bertz CT molecular complexity index is 617. The zero-order valence-corrected chi connectivity index (χ0v) is 12.1. The Labute approximate surface area is 122 Å². The molecule has 0 atom stereocenters. The summed E-state index contributed by atoms with van der Waals surface area (Å²) in [5.41, 5.74) is 3.21. The number of benzene rings is 1. The van der Waals surface area contributed by atoms with E-state index in [0.29, 0.717) is 13.0 Å². The summed E-state index contributed by atoms with van der Waals surface area (Å²) in [6.45, 7) is 4.40. The predicted octanol–water partition coefficient (Wildman–Crippen LogP) is 3.40. The fourth-order valence-electron chi connectivity index (χ4n) is 2.16. The number of halogens is 2. The second kappa shape index (κ2) is 6.09. The highest BCUT2D eigenvalue weighted by atomic mass is 35.5. The summed E-state index contributed by atoms with van der Waals surface area (Å²) < 4.78 is 13.6. The molecule has 106 valence electrons. The lowest BCUT2D eigenvalue weighted by atomic mass is 10.1. The van der Waals surface area contributed by atoms with Crippen LogP contribution in [0, 0.1) is 19.7 Å². The highest BCUT2D eigenvalue weighted by Gasteiger charge is 2.15. The molecule has 3 nitrogen and oxygen atoms in total. The molecule has 0 bridgehead atoms. The molecule has 0 spiro atoms. The lowest BCUT2D eigenvalue weighted by molar-refractivity contribution is 0.0950. The number of hydrogen-bond acceptors (Lipinski definition) is 1. The van der Waals surface area contributed by atoms with E-state index in [1.807, 2.05) is 19.9 Å². The molecule has 0 fully saturated rings. The summed E-state index contributed by atoms with van der Waals surface area (Å²) in [4.78, 5) is 15.1. The Morgan fingerprint density at radius 3 is 2.75 bits per heavy atom. The first-order chi connectivity index (χ1) is 9.49. The van der Waals surface area contributed by atoms with Gasteiger partial charge in [0.25, 0.3) is 5.91 Å². The van der Waals surface area contributed by atoms with Gasteiger partial charge in [-0.25, -0.2) is 4.39 Å². The standard InChI is InChI=1S/C15H16ClFN2O/c1-9-8-11(10(2)19-9)6-7-18-15(20)14-12(16)4-3-5-13(14)17/h3-5,8,19H,6-7H2,1-2H3,(H,18,20). The molecule has 1 amide bonds. The van der Waals surface area contributed by atoms with Crippen LogP contribution in [0.2, 0.25) is 5.02 Å². The average Bonchev–Trinajstić information content (AvgIpc) is 2.68. The van der Waals surface area contributed by atoms with E-state index in [-0.39, 0.29) is 10.6 Å². The monoisotopic (exact) mass is 294 g/mol. The second-order valence-corrected chi connectivity index (χ2v) is 5.11. The van der Waals surface area contributed by atoms with Crippen LogP contribution >= 0.6 is 11.6 Å². The minimum Gasteiger partial charge on any atom is -0.362 e. The van der Waals surface area contributed by atoms with Crippen molar-refractivity contribution >= 4 is 17.5 Å². The summed E-state index contributed by atoms with van der Waals surface area (Å²) in [7, 11) is 0. The highest BCUT2D eigenvalue weighted by molar-refractivity contribution is 6.33. The number of hydrogen-bond donors (Lipinski definition) is 2. The molecule has 1 heterocycles. The van der Waals surface area contributed by atoms with Crippen LogP contribution in [0.4, 0.5) is 4.39 Å². The number of aromatic nitrogens is 1. The van der Waals surface area contributed by atoms with E-state index in [2.05, 4.69) is 10.3 Å². The normalized spacial score (nSPS) is 10.6. The van der Waals surface area contributed by atoms with E-state index < -0.39 is 11.7 Å². The maximum Gasteiger partial charge on any atom is 0.255 e. The van der Waals surface area contributed by atoms with Crippen molar-refractivity contribution in [3.63, 3.8) is 0 Å². The van der Waals surface area contributed by atoms with Gasteiger partial charge in [-0.1, -0.05) is 17.7 Å². The van der Waals surface area contributed by atoms with Gasteiger partial charge in [-0.15, -0.1) is 0 Å². The number of nitrogens with one attached hydrogen (secondary N) is 2. The van der Waals surface area contributed by atoms with Gasteiger partial charge in [0, 0.05) is 17.9 Å². The van der Waals surface area contributed by atoms with Gasteiger partial charge in [-0.05, 0) is 44.0 Å². The molecule has 0 radical (unpaired) electrons. The van der Waals surface area contributed by atoms with E-state index in [9.17, 15) is 9.18 Å². The van der Waals surface area contributed by atoms with Crippen molar-refractivity contribution in [3.05, 3.63) is 57.6 Å². The second-order valence-electron chi connectivity index (χ2n) is 4.71. The maximum atomic E-state index is 13.6. The Morgan fingerprint density at radius 1 is 1.40 bits per heavy atom. The number of amides is 1. The summed E-state index contributed by atoms with van der Waals surface area (Å²) >= 11 is 5.84. The molecular formula is C15H16ClFN2O. The third-order valence-corrected chi connectivity index (χ3v) is 3.44. The van der Waals surface area contributed by atoms with Crippen LogP contribution in [-0.4, -0.2) is 17.4 Å². The lowest BCUT2D eigenvalue weighted by Gasteiger charge is -2.07. The molecule has 1 aromatic carbocycles. The summed E-state index contributed by atoms with van der Waals surface area (Å²) in [6, 6.07) is 6.23. The Balaban J connectivity index is 1.98. The Kier molecular flexibility index (Phi) is 4.45. The summed E-state index contributed by atoms with van der Waals surface area (Å²) in [6.07, 6.45) is 0.688. The van der Waals surface area contributed by atoms with Crippen LogP contribution in [0.5, 0.6) is 0 Å². The number of carbonyl (C=O) groups is 1. The summed E-state index contributed by atoms with van der Waals surface area (Å²) in [5, 5.41) is 2.81. The molecule has 0 saturated heterocycles. The molecule has 2 rings (SSSR count). The minimum absolute atomic E-state index is 0.101. The average molecular weight is 295 g/mol. The molecule has 0 aliphatic heterocycles. The van der Waals surface area contributed by atoms with Crippen molar-refractivity contribution in [2.24, 2.45) is 0 Å². The van der Waals surface area contributed by atoms with Gasteiger partial charge in [-0.3, -0.25) is 4.79 Å². The van der Waals surface area contributed by atoms with Crippen molar-refractivity contribution in [2.45, 2.75) is 20.3 Å². The van der Waals surface area contributed by atoms with E-state index in [4.69, 9.17) is 11.6 Å². The molecule has 20 heavy (non-hydrogen) atoms. The van der Waals surface area contributed by atoms with Gasteiger partial charge in [0.2, 0.25) is 0 Å². The summed E-state index contributed by atoms with van der Waals surface area (Å²) in [5.74, 6) is -1.10. The van der Waals surface area contributed by atoms with Gasteiger partial charge >= 0.3 is 0 Å². The fraction of sp³-hybridized carbons (Fsp3) is 0.267. The van der Waals surface area contributed by atoms with Crippen molar-refractivity contribution in [3.8, 4) is 0 Å². The molecule has 2 aromatic rings. The zero-order chi connectivity index (χ0) is 14.7.